The molecular weight excluding hydrogens is 510 g/mol. The standard InChI is InChI=1S/C26H19Cl2FN2O3S/c1-33-24-13-16(5-11-23(24)34-14-19-20(27)3-2-4-21(19)28)6-12-25(32)31-26-30-22(15-35-26)17-7-9-18(29)10-8-17/h2-13,15H,14H2,1H3,(H,30,31,32)/b12-6+. The third-order valence-corrected chi connectivity index (χ3v) is 6.39. The first-order valence-corrected chi connectivity index (χ1v) is 12.0. The predicted molar refractivity (Wildman–Crippen MR) is 139 cm³/mol. The van der Waals surface area contributed by atoms with E-state index >= 15 is 0 Å². The van der Waals surface area contributed by atoms with Crippen LogP contribution in [0, 0.1) is 5.82 Å². The fourth-order valence-electron chi connectivity index (χ4n) is 3.13. The molecule has 3 aromatic carbocycles. The fraction of sp³-hybridized carbons (Fsp3) is 0.0769. The van der Waals surface area contributed by atoms with Gasteiger partial charge in [0.1, 0.15) is 12.4 Å². The first-order chi connectivity index (χ1) is 16.9. The minimum atomic E-state index is -0.335. The summed E-state index contributed by atoms with van der Waals surface area (Å²) in [7, 11) is 1.53. The van der Waals surface area contributed by atoms with Gasteiger partial charge >= 0.3 is 0 Å². The molecule has 0 radical (unpaired) electrons. The van der Waals surface area contributed by atoms with Gasteiger partial charge in [0.15, 0.2) is 16.6 Å². The number of ether oxygens (including phenoxy) is 2. The molecule has 0 bridgehead atoms. The van der Waals surface area contributed by atoms with E-state index in [2.05, 4.69) is 10.3 Å². The van der Waals surface area contributed by atoms with Crippen molar-refractivity contribution in [2.75, 3.05) is 12.4 Å². The van der Waals surface area contributed by atoms with Crippen molar-refractivity contribution in [1.82, 2.24) is 4.98 Å². The summed E-state index contributed by atoms with van der Waals surface area (Å²) in [6, 6.07) is 16.6. The lowest BCUT2D eigenvalue weighted by atomic mass is 10.2. The van der Waals surface area contributed by atoms with Gasteiger partial charge in [0.05, 0.1) is 12.8 Å². The highest BCUT2D eigenvalue weighted by Gasteiger charge is 2.10. The molecule has 0 aliphatic rings. The summed E-state index contributed by atoms with van der Waals surface area (Å²) >= 11 is 13.7. The fourth-order valence-corrected chi connectivity index (χ4v) is 4.36. The van der Waals surface area contributed by atoms with Gasteiger partial charge in [-0.15, -0.1) is 11.3 Å². The smallest absolute Gasteiger partial charge is 0.250 e. The Bertz CT molecular complexity index is 1350. The van der Waals surface area contributed by atoms with Crippen molar-refractivity contribution in [2.24, 2.45) is 0 Å². The summed E-state index contributed by atoms with van der Waals surface area (Å²) < 4.78 is 24.4. The molecule has 0 atom stereocenters. The van der Waals surface area contributed by atoms with E-state index in [9.17, 15) is 9.18 Å². The lowest BCUT2D eigenvalue weighted by Crippen LogP contribution is -2.07. The summed E-state index contributed by atoms with van der Waals surface area (Å²) in [6.07, 6.45) is 3.05. The average molecular weight is 529 g/mol. The Morgan fingerprint density at radius 2 is 1.83 bits per heavy atom. The highest BCUT2D eigenvalue weighted by molar-refractivity contribution is 7.14. The first kappa shape index (κ1) is 24.7. The van der Waals surface area contributed by atoms with Crippen LogP contribution >= 0.6 is 34.5 Å². The number of benzene rings is 3. The van der Waals surface area contributed by atoms with Crippen LogP contribution in [0.25, 0.3) is 17.3 Å². The van der Waals surface area contributed by atoms with E-state index in [1.807, 2.05) is 0 Å². The second kappa shape index (κ2) is 11.4. The summed E-state index contributed by atoms with van der Waals surface area (Å²) in [4.78, 5) is 16.7. The number of aromatic nitrogens is 1. The number of carbonyl (C=O) groups excluding carboxylic acids is 1. The molecule has 178 valence electrons. The van der Waals surface area contributed by atoms with Gasteiger partial charge in [0, 0.05) is 32.6 Å². The molecule has 1 heterocycles. The molecule has 1 aromatic heterocycles. The molecule has 4 rings (SSSR count). The average Bonchev–Trinajstić information content (AvgIpc) is 3.31. The first-order valence-electron chi connectivity index (χ1n) is 10.4. The number of halogens is 3. The summed E-state index contributed by atoms with van der Waals surface area (Å²) in [6.45, 7) is 0.181. The Hall–Kier alpha value is -3.39. The normalized spacial score (nSPS) is 11.0. The van der Waals surface area contributed by atoms with E-state index in [1.54, 1.807) is 60.0 Å². The minimum absolute atomic E-state index is 0.181. The Kier molecular flexibility index (Phi) is 8.02. The van der Waals surface area contributed by atoms with Crippen LogP contribution in [0.2, 0.25) is 10.0 Å². The van der Waals surface area contributed by atoms with E-state index in [4.69, 9.17) is 32.7 Å². The molecule has 0 aliphatic carbocycles. The second-order valence-corrected chi connectivity index (χ2v) is 8.94. The van der Waals surface area contributed by atoms with E-state index in [1.165, 1.54) is 36.7 Å². The van der Waals surface area contributed by atoms with Gasteiger partial charge in [-0.05, 0) is 60.2 Å². The number of amides is 1. The van der Waals surface area contributed by atoms with Crippen molar-refractivity contribution in [3.8, 4) is 22.8 Å². The third kappa shape index (κ3) is 6.39. The zero-order chi connectivity index (χ0) is 24.8. The number of thiazole rings is 1. The Morgan fingerprint density at radius 3 is 2.54 bits per heavy atom. The van der Waals surface area contributed by atoms with Crippen LogP contribution in [-0.2, 0) is 11.4 Å². The molecule has 9 heteroatoms. The summed E-state index contributed by atoms with van der Waals surface area (Å²) in [5.74, 6) is 0.363. The topological polar surface area (TPSA) is 60.5 Å². The third-order valence-electron chi connectivity index (χ3n) is 4.92. The zero-order valence-corrected chi connectivity index (χ0v) is 20.8. The number of nitrogens with one attached hydrogen (secondary N) is 1. The predicted octanol–water partition coefficient (Wildman–Crippen LogP) is 7.50. The van der Waals surface area contributed by atoms with Crippen LogP contribution in [0.15, 0.2) is 72.1 Å². The molecule has 1 amide bonds. The van der Waals surface area contributed by atoms with Crippen LogP contribution in [0.1, 0.15) is 11.1 Å². The van der Waals surface area contributed by atoms with Crippen LogP contribution in [0.5, 0.6) is 11.5 Å². The highest BCUT2D eigenvalue weighted by atomic mass is 35.5. The van der Waals surface area contributed by atoms with Gasteiger partial charge in [0.2, 0.25) is 5.91 Å². The van der Waals surface area contributed by atoms with Crippen LogP contribution in [0.4, 0.5) is 9.52 Å². The van der Waals surface area contributed by atoms with Crippen molar-refractivity contribution in [3.63, 3.8) is 0 Å². The van der Waals surface area contributed by atoms with Crippen molar-refractivity contribution in [3.05, 3.63) is 99.1 Å². The molecule has 35 heavy (non-hydrogen) atoms. The van der Waals surface area contributed by atoms with E-state index in [0.29, 0.717) is 37.9 Å². The van der Waals surface area contributed by atoms with Gasteiger partial charge in [0.25, 0.3) is 0 Å². The van der Waals surface area contributed by atoms with Crippen molar-refractivity contribution >= 4 is 51.7 Å². The van der Waals surface area contributed by atoms with Crippen molar-refractivity contribution in [1.29, 1.82) is 0 Å². The quantitative estimate of drug-likeness (QED) is 0.240. The van der Waals surface area contributed by atoms with Gasteiger partial charge in [-0.25, -0.2) is 9.37 Å². The Morgan fingerprint density at radius 1 is 1.09 bits per heavy atom. The lowest BCUT2D eigenvalue weighted by Gasteiger charge is -2.13. The molecule has 1 N–H and O–H groups in total. The number of rotatable bonds is 8. The maximum Gasteiger partial charge on any atom is 0.250 e. The van der Waals surface area contributed by atoms with Gasteiger partial charge < -0.3 is 9.47 Å². The largest absolute Gasteiger partial charge is 0.493 e. The monoisotopic (exact) mass is 528 g/mol. The zero-order valence-electron chi connectivity index (χ0n) is 18.4. The second-order valence-electron chi connectivity index (χ2n) is 7.27. The van der Waals surface area contributed by atoms with Crippen LogP contribution in [-0.4, -0.2) is 18.0 Å². The maximum absolute atomic E-state index is 13.1. The van der Waals surface area contributed by atoms with Gasteiger partial charge in [-0.2, -0.15) is 0 Å². The van der Waals surface area contributed by atoms with E-state index in [0.717, 1.165) is 11.1 Å². The number of hydrogen-bond donors (Lipinski definition) is 1. The summed E-state index contributed by atoms with van der Waals surface area (Å²) in [5.41, 5.74) is 2.85. The SMILES string of the molecule is COc1cc(/C=C/C(=O)Nc2nc(-c3ccc(F)cc3)cs2)ccc1OCc1c(Cl)cccc1Cl. The number of methoxy groups -OCH3 is 1. The van der Waals surface area contributed by atoms with Gasteiger partial charge in [-0.1, -0.05) is 35.3 Å². The van der Waals surface area contributed by atoms with Gasteiger partial charge in [-0.3, -0.25) is 10.1 Å². The number of hydrogen-bond acceptors (Lipinski definition) is 5. The molecule has 5 nitrogen and oxygen atoms in total. The van der Waals surface area contributed by atoms with Crippen molar-refractivity contribution in [2.45, 2.75) is 6.61 Å². The lowest BCUT2D eigenvalue weighted by molar-refractivity contribution is -0.111. The molecule has 0 saturated carbocycles. The highest BCUT2D eigenvalue weighted by Crippen LogP contribution is 2.32. The molecular formula is C26H19Cl2FN2O3S. The molecule has 0 saturated heterocycles. The number of anilines is 1. The molecule has 0 spiro atoms. The van der Waals surface area contributed by atoms with Crippen LogP contribution < -0.4 is 14.8 Å². The van der Waals surface area contributed by atoms with E-state index < -0.39 is 0 Å². The molecule has 4 aromatic rings. The maximum atomic E-state index is 13.1. The number of nitrogens with zero attached hydrogens (tertiary/aromatic N) is 1. The summed E-state index contributed by atoms with van der Waals surface area (Å²) in [5, 5.41) is 6.01. The Balaban J connectivity index is 1.39. The molecule has 0 aliphatic heterocycles. The Labute approximate surface area is 215 Å². The van der Waals surface area contributed by atoms with Crippen molar-refractivity contribution < 1.29 is 18.7 Å². The molecule has 0 unspecified atom stereocenters. The number of carbonyl (C=O) groups is 1. The molecule has 0 fully saturated rings. The van der Waals surface area contributed by atoms with Crippen LogP contribution in [0.3, 0.4) is 0 Å². The minimum Gasteiger partial charge on any atom is -0.493 e. The van der Waals surface area contributed by atoms with E-state index in [-0.39, 0.29) is 18.3 Å².